The van der Waals surface area contributed by atoms with Gasteiger partial charge < -0.3 is 9.84 Å². The number of methoxy groups -OCH3 is 1. The average Bonchev–Trinajstić information content (AvgIpc) is 2.22. The van der Waals surface area contributed by atoms with Gasteiger partial charge in [0.05, 0.1) is 12.2 Å². The van der Waals surface area contributed by atoms with Crippen LogP contribution < -0.4 is 0 Å². The molecular weight excluding hydrogens is 231 g/mol. The highest BCUT2D eigenvalue weighted by atomic mass is 35.5. The second-order valence-electron chi connectivity index (χ2n) is 3.88. The van der Waals surface area contributed by atoms with Gasteiger partial charge in [0.1, 0.15) is 5.82 Å². The molecule has 90 valence electrons. The van der Waals surface area contributed by atoms with E-state index in [4.69, 9.17) is 16.3 Å². The van der Waals surface area contributed by atoms with Crippen LogP contribution in [0.1, 0.15) is 18.9 Å². The molecule has 0 aliphatic heterocycles. The molecule has 0 saturated carbocycles. The summed E-state index contributed by atoms with van der Waals surface area (Å²) in [5.41, 5.74) is 0.749. The molecule has 0 bridgehead atoms. The quantitative estimate of drug-likeness (QED) is 0.866. The van der Waals surface area contributed by atoms with E-state index in [9.17, 15) is 9.50 Å². The third-order valence-corrected chi connectivity index (χ3v) is 2.83. The van der Waals surface area contributed by atoms with Crippen LogP contribution in [0.25, 0.3) is 0 Å². The van der Waals surface area contributed by atoms with Gasteiger partial charge in [-0.15, -0.1) is 0 Å². The van der Waals surface area contributed by atoms with E-state index in [0.717, 1.165) is 5.56 Å². The van der Waals surface area contributed by atoms with Gasteiger partial charge in [-0.1, -0.05) is 17.7 Å². The van der Waals surface area contributed by atoms with Crippen LogP contribution >= 0.6 is 11.6 Å². The Morgan fingerprint density at radius 2 is 2.19 bits per heavy atom. The minimum Gasteiger partial charge on any atom is -0.393 e. The Kier molecular flexibility index (Phi) is 5.19. The maximum absolute atomic E-state index is 12.8. The first-order valence-electron chi connectivity index (χ1n) is 5.17. The number of benzene rings is 1. The molecule has 0 saturated heterocycles. The van der Waals surface area contributed by atoms with Crippen molar-refractivity contribution >= 4 is 11.6 Å². The van der Waals surface area contributed by atoms with Crippen molar-refractivity contribution in [2.24, 2.45) is 0 Å². The van der Waals surface area contributed by atoms with Gasteiger partial charge in [-0.2, -0.15) is 0 Å². The van der Waals surface area contributed by atoms with E-state index in [0.29, 0.717) is 17.9 Å². The molecule has 0 amide bonds. The number of hydrogen-bond acceptors (Lipinski definition) is 2. The van der Waals surface area contributed by atoms with Crippen LogP contribution in [-0.2, 0) is 11.2 Å². The lowest BCUT2D eigenvalue weighted by Gasteiger charge is -2.15. The fourth-order valence-electron chi connectivity index (χ4n) is 1.50. The first-order chi connectivity index (χ1) is 7.52. The third kappa shape index (κ3) is 4.08. The standard InChI is InChI=1S/C12H16ClFO2/c1-8(16-2)5-11(15)6-9-3-4-10(14)7-12(9)13/h3-4,7-8,11,15H,5-6H2,1-2H3. The molecule has 0 aliphatic carbocycles. The van der Waals surface area contributed by atoms with E-state index in [-0.39, 0.29) is 11.9 Å². The van der Waals surface area contributed by atoms with Crippen molar-refractivity contribution in [3.63, 3.8) is 0 Å². The van der Waals surface area contributed by atoms with Crippen molar-refractivity contribution in [1.82, 2.24) is 0 Å². The Hall–Kier alpha value is -0.640. The number of aliphatic hydroxyl groups excluding tert-OH is 1. The molecule has 0 radical (unpaired) electrons. The first-order valence-corrected chi connectivity index (χ1v) is 5.55. The van der Waals surface area contributed by atoms with Crippen LogP contribution in [0.4, 0.5) is 4.39 Å². The Morgan fingerprint density at radius 1 is 1.50 bits per heavy atom. The number of ether oxygens (including phenoxy) is 1. The molecule has 0 heterocycles. The Morgan fingerprint density at radius 3 is 2.75 bits per heavy atom. The van der Waals surface area contributed by atoms with Gasteiger partial charge in [-0.3, -0.25) is 0 Å². The van der Waals surface area contributed by atoms with E-state index in [2.05, 4.69) is 0 Å². The zero-order chi connectivity index (χ0) is 12.1. The molecule has 2 nitrogen and oxygen atoms in total. The summed E-state index contributed by atoms with van der Waals surface area (Å²) in [7, 11) is 1.60. The summed E-state index contributed by atoms with van der Waals surface area (Å²) in [5.74, 6) is -0.367. The van der Waals surface area contributed by atoms with Crippen LogP contribution in [-0.4, -0.2) is 24.4 Å². The van der Waals surface area contributed by atoms with E-state index in [1.165, 1.54) is 12.1 Å². The lowest BCUT2D eigenvalue weighted by molar-refractivity contribution is 0.0565. The average molecular weight is 247 g/mol. The molecule has 0 aromatic heterocycles. The Labute approximate surface area is 100.0 Å². The summed E-state index contributed by atoms with van der Waals surface area (Å²) in [5, 5.41) is 10.1. The number of aliphatic hydroxyl groups is 1. The van der Waals surface area contributed by atoms with E-state index >= 15 is 0 Å². The molecule has 1 aromatic carbocycles. The van der Waals surface area contributed by atoms with E-state index in [1.54, 1.807) is 13.2 Å². The zero-order valence-electron chi connectivity index (χ0n) is 9.41. The van der Waals surface area contributed by atoms with Crippen LogP contribution in [0.2, 0.25) is 5.02 Å². The third-order valence-electron chi connectivity index (χ3n) is 2.48. The van der Waals surface area contributed by atoms with Gasteiger partial charge in [0.2, 0.25) is 0 Å². The second kappa shape index (κ2) is 6.18. The number of rotatable bonds is 5. The summed E-state index contributed by atoms with van der Waals surface area (Å²) in [6, 6.07) is 4.19. The Balaban J connectivity index is 2.59. The summed E-state index contributed by atoms with van der Waals surface area (Å²) >= 11 is 5.86. The molecule has 4 heteroatoms. The van der Waals surface area contributed by atoms with Gasteiger partial charge >= 0.3 is 0 Å². The van der Waals surface area contributed by atoms with Crippen LogP contribution in [0.5, 0.6) is 0 Å². The van der Waals surface area contributed by atoms with Gasteiger partial charge in [0, 0.05) is 12.1 Å². The molecule has 0 fully saturated rings. The smallest absolute Gasteiger partial charge is 0.124 e. The highest BCUT2D eigenvalue weighted by Crippen LogP contribution is 2.20. The molecule has 1 rings (SSSR count). The molecule has 0 aliphatic rings. The van der Waals surface area contributed by atoms with Crippen molar-refractivity contribution in [2.75, 3.05) is 7.11 Å². The van der Waals surface area contributed by atoms with Crippen molar-refractivity contribution < 1.29 is 14.2 Å². The van der Waals surface area contributed by atoms with Crippen molar-refractivity contribution in [2.45, 2.75) is 32.0 Å². The number of halogens is 2. The predicted molar refractivity (Wildman–Crippen MR) is 62.2 cm³/mol. The maximum Gasteiger partial charge on any atom is 0.124 e. The normalized spacial score (nSPS) is 14.8. The highest BCUT2D eigenvalue weighted by molar-refractivity contribution is 6.31. The fraction of sp³-hybridized carbons (Fsp3) is 0.500. The van der Waals surface area contributed by atoms with Crippen LogP contribution in [0, 0.1) is 5.82 Å². The lowest BCUT2D eigenvalue weighted by atomic mass is 10.0. The Bertz CT molecular complexity index is 344. The molecule has 2 atom stereocenters. The minimum absolute atomic E-state index is 0.00535. The van der Waals surface area contributed by atoms with Crippen molar-refractivity contribution in [1.29, 1.82) is 0 Å². The van der Waals surface area contributed by atoms with E-state index in [1.807, 2.05) is 6.92 Å². The van der Waals surface area contributed by atoms with Gasteiger partial charge in [0.25, 0.3) is 0 Å². The topological polar surface area (TPSA) is 29.5 Å². The first kappa shape index (κ1) is 13.4. The SMILES string of the molecule is COC(C)CC(O)Cc1ccc(F)cc1Cl. The van der Waals surface area contributed by atoms with Gasteiger partial charge in [-0.05, 0) is 37.5 Å². The zero-order valence-corrected chi connectivity index (χ0v) is 10.2. The van der Waals surface area contributed by atoms with Gasteiger partial charge in [0.15, 0.2) is 0 Å². The largest absolute Gasteiger partial charge is 0.393 e. The van der Waals surface area contributed by atoms with Gasteiger partial charge in [-0.25, -0.2) is 4.39 Å². The minimum atomic E-state index is -0.530. The lowest BCUT2D eigenvalue weighted by Crippen LogP contribution is -2.19. The predicted octanol–water partition coefficient (Wildman–Crippen LogP) is 2.81. The second-order valence-corrected chi connectivity index (χ2v) is 4.28. The summed E-state index contributed by atoms with van der Waals surface area (Å²) < 4.78 is 17.8. The molecule has 1 N–H and O–H groups in total. The molecular formula is C12H16ClFO2. The van der Waals surface area contributed by atoms with E-state index < -0.39 is 6.10 Å². The summed E-state index contributed by atoms with van der Waals surface area (Å²) in [6.45, 7) is 1.88. The molecule has 1 aromatic rings. The highest BCUT2D eigenvalue weighted by Gasteiger charge is 2.12. The monoisotopic (exact) mass is 246 g/mol. The maximum atomic E-state index is 12.8. The molecule has 0 spiro atoms. The van der Waals surface area contributed by atoms with Crippen LogP contribution in [0.3, 0.4) is 0 Å². The summed E-state index contributed by atoms with van der Waals surface area (Å²) in [6.07, 6.45) is 0.406. The van der Waals surface area contributed by atoms with Crippen LogP contribution in [0.15, 0.2) is 18.2 Å². The molecule has 2 unspecified atom stereocenters. The molecule has 16 heavy (non-hydrogen) atoms. The van der Waals surface area contributed by atoms with Crippen molar-refractivity contribution in [3.8, 4) is 0 Å². The number of hydrogen-bond donors (Lipinski definition) is 1. The summed E-state index contributed by atoms with van der Waals surface area (Å²) in [4.78, 5) is 0. The fourth-order valence-corrected chi connectivity index (χ4v) is 1.75. The van der Waals surface area contributed by atoms with Crippen molar-refractivity contribution in [3.05, 3.63) is 34.6 Å².